The van der Waals surface area contributed by atoms with Crippen LogP contribution in [0.4, 0.5) is 11.5 Å². The SMILES string of the molecule is Nc1ccc(N)[nH+]c1. The number of anilines is 2. The zero-order valence-electron chi connectivity index (χ0n) is 4.39. The minimum absolute atomic E-state index is 0.624. The molecule has 0 saturated carbocycles. The van der Waals surface area contributed by atoms with E-state index in [0.717, 1.165) is 0 Å². The normalized spacial score (nSPS) is 9.00. The van der Waals surface area contributed by atoms with Gasteiger partial charge in [0.05, 0.1) is 5.69 Å². The van der Waals surface area contributed by atoms with Crippen LogP contribution in [-0.4, -0.2) is 0 Å². The molecule has 1 heterocycles. The number of nitrogens with one attached hydrogen (secondary N) is 1. The molecule has 0 fully saturated rings. The van der Waals surface area contributed by atoms with Gasteiger partial charge in [-0.15, -0.1) is 0 Å². The predicted molar refractivity (Wildman–Crippen MR) is 31.8 cm³/mol. The lowest BCUT2D eigenvalue weighted by Crippen LogP contribution is -2.09. The fraction of sp³-hybridized carbons (Fsp3) is 0. The highest BCUT2D eigenvalue weighted by atomic mass is 14.8. The van der Waals surface area contributed by atoms with Crippen LogP contribution >= 0.6 is 0 Å². The van der Waals surface area contributed by atoms with Crippen molar-refractivity contribution >= 4 is 11.5 Å². The van der Waals surface area contributed by atoms with E-state index in [2.05, 4.69) is 4.98 Å². The highest BCUT2D eigenvalue weighted by Crippen LogP contribution is 1.95. The van der Waals surface area contributed by atoms with Crippen LogP contribution in [0.15, 0.2) is 18.3 Å². The first kappa shape index (κ1) is 4.90. The minimum atomic E-state index is 0.624. The number of H-pyrrole nitrogens is 1. The molecule has 0 radical (unpaired) electrons. The van der Waals surface area contributed by atoms with Gasteiger partial charge in [0.1, 0.15) is 6.20 Å². The fourth-order valence-corrected chi connectivity index (χ4v) is 0.449. The van der Waals surface area contributed by atoms with Crippen LogP contribution in [0.3, 0.4) is 0 Å². The van der Waals surface area contributed by atoms with Gasteiger partial charge in [0, 0.05) is 6.07 Å². The fourth-order valence-electron chi connectivity index (χ4n) is 0.449. The molecule has 0 bridgehead atoms. The number of rotatable bonds is 0. The molecule has 8 heavy (non-hydrogen) atoms. The second-order valence-electron chi connectivity index (χ2n) is 1.58. The summed E-state index contributed by atoms with van der Waals surface area (Å²) in [5, 5.41) is 0. The van der Waals surface area contributed by atoms with E-state index in [0.29, 0.717) is 11.5 Å². The Morgan fingerprint density at radius 2 is 2.00 bits per heavy atom. The van der Waals surface area contributed by atoms with Crippen molar-refractivity contribution < 1.29 is 4.98 Å². The molecule has 42 valence electrons. The summed E-state index contributed by atoms with van der Waals surface area (Å²) in [6.07, 6.45) is 1.65. The number of aromatic amines is 1. The monoisotopic (exact) mass is 110 g/mol. The highest BCUT2D eigenvalue weighted by Gasteiger charge is 1.87. The first-order valence-corrected chi connectivity index (χ1v) is 2.32. The number of aromatic nitrogens is 1. The van der Waals surface area contributed by atoms with Crippen molar-refractivity contribution in [1.82, 2.24) is 0 Å². The third kappa shape index (κ3) is 0.872. The lowest BCUT2D eigenvalue weighted by atomic mass is 10.4. The topological polar surface area (TPSA) is 66.2 Å². The molecule has 5 N–H and O–H groups in total. The second-order valence-corrected chi connectivity index (χ2v) is 1.58. The zero-order valence-corrected chi connectivity index (χ0v) is 4.39. The molecule has 0 saturated heterocycles. The standard InChI is InChI=1S/C5H7N3/c6-4-1-2-5(7)8-3-4/h1-3H,6H2,(H2,7,8)/p+1. The van der Waals surface area contributed by atoms with E-state index in [-0.39, 0.29) is 0 Å². The lowest BCUT2D eigenvalue weighted by molar-refractivity contribution is -0.359. The molecule has 1 rings (SSSR count). The van der Waals surface area contributed by atoms with Gasteiger partial charge < -0.3 is 5.73 Å². The third-order valence-corrected chi connectivity index (χ3v) is 0.861. The maximum atomic E-state index is 5.34. The van der Waals surface area contributed by atoms with Gasteiger partial charge >= 0.3 is 0 Å². The van der Waals surface area contributed by atoms with Gasteiger partial charge in [0.25, 0.3) is 5.82 Å². The maximum Gasteiger partial charge on any atom is 0.270 e. The largest absolute Gasteiger partial charge is 0.396 e. The van der Waals surface area contributed by atoms with E-state index in [1.807, 2.05) is 0 Å². The molecule has 0 unspecified atom stereocenters. The summed E-state index contributed by atoms with van der Waals surface area (Å²) in [4.78, 5) is 2.75. The van der Waals surface area contributed by atoms with Gasteiger partial charge in [-0.05, 0) is 6.07 Å². The third-order valence-electron chi connectivity index (χ3n) is 0.861. The Bertz CT molecular complexity index is 147. The molecule has 0 atom stereocenters. The van der Waals surface area contributed by atoms with Crippen molar-refractivity contribution in [2.45, 2.75) is 0 Å². The van der Waals surface area contributed by atoms with Crippen LogP contribution in [0, 0.1) is 0 Å². The van der Waals surface area contributed by atoms with Crippen LogP contribution in [0.1, 0.15) is 0 Å². The molecule has 0 spiro atoms. The summed E-state index contributed by atoms with van der Waals surface area (Å²) in [5.74, 6) is 0.624. The van der Waals surface area contributed by atoms with Crippen LogP contribution in [0.25, 0.3) is 0 Å². The molecule has 0 aliphatic carbocycles. The van der Waals surface area contributed by atoms with E-state index < -0.39 is 0 Å². The Morgan fingerprint density at radius 3 is 2.38 bits per heavy atom. The van der Waals surface area contributed by atoms with Crippen molar-refractivity contribution in [2.24, 2.45) is 0 Å². The number of pyridine rings is 1. The number of nitrogen functional groups attached to an aromatic ring is 2. The first-order chi connectivity index (χ1) is 3.79. The molecule has 0 aliphatic rings. The van der Waals surface area contributed by atoms with E-state index in [9.17, 15) is 0 Å². The Hall–Kier alpha value is -1.25. The second kappa shape index (κ2) is 1.69. The zero-order chi connectivity index (χ0) is 5.98. The van der Waals surface area contributed by atoms with E-state index in [4.69, 9.17) is 11.5 Å². The van der Waals surface area contributed by atoms with Crippen LogP contribution < -0.4 is 16.5 Å². The van der Waals surface area contributed by atoms with E-state index in [1.54, 1.807) is 18.3 Å². The van der Waals surface area contributed by atoms with Gasteiger partial charge in [0.15, 0.2) is 0 Å². The Labute approximate surface area is 47.3 Å². The average Bonchev–Trinajstić information content (AvgIpc) is 1.77. The number of nitrogens with two attached hydrogens (primary N) is 2. The molecular formula is C5H8N3+. The highest BCUT2D eigenvalue weighted by molar-refractivity contribution is 5.35. The van der Waals surface area contributed by atoms with E-state index in [1.165, 1.54) is 0 Å². The molecule has 1 aromatic heterocycles. The van der Waals surface area contributed by atoms with E-state index >= 15 is 0 Å². The molecule has 0 aromatic carbocycles. The molecule has 0 amide bonds. The summed E-state index contributed by atoms with van der Waals surface area (Å²) >= 11 is 0. The first-order valence-electron chi connectivity index (χ1n) is 2.32. The van der Waals surface area contributed by atoms with Gasteiger partial charge in [-0.3, -0.25) is 5.73 Å². The summed E-state index contributed by atoms with van der Waals surface area (Å²) in [6, 6.07) is 3.46. The number of hydrogen-bond acceptors (Lipinski definition) is 2. The van der Waals surface area contributed by atoms with Gasteiger partial charge in [-0.2, -0.15) is 0 Å². The van der Waals surface area contributed by atoms with Crippen molar-refractivity contribution in [3.05, 3.63) is 18.3 Å². The summed E-state index contributed by atoms with van der Waals surface area (Å²) in [5.41, 5.74) is 11.3. The van der Waals surface area contributed by atoms with Crippen molar-refractivity contribution in [1.29, 1.82) is 0 Å². The molecule has 3 heteroatoms. The summed E-state index contributed by atoms with van der Waals surface area (Å²) in [7, 11) is 0. The van der Waals surface area contributed by atoms with Crippen LogP contribution in [-0.2, 0) is 0 Å². The Kier molecular flexibility index (Phi) is 1.04. The smallest absolute Gasteiger partial charge is 0.270 e. The van der Waals surface area contributed by atoms with Crippen molar-refractivity contribution in [3.8, 4) is 0 Å². The van der Waals surface area contributed by atoms with Gasteiger partial charge in [-0.1, -0.05) is 0 Å². The molecule has 3 nitrogen and oxygen atoms in total. The average molecular weight is 110 g/mol. The summed E-state index contributed by atoms with van der Waals surface area (Å²) < 4.78 is 0. The predicted octanol–water partition coefficient (Wildman–Crippen LogP) is -0.335. The molecular weight excluding hydrogens is 102 g/mol. The Morgan fingerprint density at radius 1 is 1.25 bits per heavy atom. The minimum Gasteiger partial charge on any atom is -0.396 e. The quantitative estimate of drug-likeness (QED) is 0.480. The molecule has 0 aliphatic heterocycles. The molecule has 1 aromatic rings. The summed E-state index contributed by atoms with van der Waals surface area (Å²) in [6.45, 7) is 0. The lowest BCUT2D eigenvalue weighted by Gasteiger charge is -1.85. The number of hydrogen-bond donors (Lipinski definition) is 2. The van der Waals surface area contributed by atoms with Gasteiger partial charge in [-0.25, -0.2) is 4.98 Å². The van der Waals surface area contributed by atoms with Crippen molar-refractivity contribution in [2.75, 3.05) is 11.5 Å². The Balaban J connectivity index is 3.03. The maximum absolute atomic E-state index is 5.34. The van der Waals surface area contributed by atoms with Crippen molar-refractivity contribution in [3.63, 3.8) is 0 Å². The van der Waals surface area contributed by atoms with Gasteiger partial charge in [0.2, 0.25) is 0 Å². The van der Waals surface area contributed by atoms with Crippen LogP contribution in [0.5, 0.6) is 0 Å². The van der Waals surface area contributed by atoms with Crippen LogP contribution in [0.2, 0.25) is 0 Å².